The van der Waals surface area contributed by atoms with Crippen molar-refractivity contribution in [3.63, 3.8) is 0 Å². The number of likely N-dealkylation sites (N-methyl/N-ethyl adjacent to an activating group) is 1. The number of halogens is 1. The molecule has 3 nitrogen and oxygen atoms in total. The average Bonchev–Trinajstić information content (AvgIpc) is 2.65. The molecule has 0 radical (unpaired) electrons. The Bertz CT molecular complexity index is 329. The van der Waals surface area contributed by atoms with E-state index in [0.29, 0.717) is 6.04 Å². The van der Waals surface area contributed by atoms with Gasteiger partial charge in [0.05, 0.1) is 11.9 Å². The number of aromatic nitrogens is 2. The third kappa shape index (κ3) is 2.75. The number of rotatable bonds is 3. The Hall–Kier alpha value is -0.480. The van der Waals surface area contributed by atoms with Gasteiger partial charge in [-0.25, -0.2) is 0 Å². The first-order chi connectivity index (χ1) is 7.29. The van der Waals surface area contributed by atoms with Crippen LogP contribution in [0.2, 0.25) is 0 Å². The zero-order chi connectivity index (χ0) is 10.7. The fourth-order valence-electron chi connectivity index (χ4n) is 2.27. The van der Waals surface area contributed by atoms with Gasteiger partial charge < -0.3 is 4.90 Å². The van der Waals surface area contributed by atoms with Crippen LogP contribution in [0, 0.1) is 0 Å². The molecule has 1 aliphatic rings. The molecule has 0 aliphatic carbocycles. The van der Waals surface area contributed by atoms with E-state index in [2.05, 4.69) is 44.0 Å². The first kappa shape index (κ1) is 11.0. The topological polar surface area (TPSA) is 29.0 Å². The van der Waals surface area contributed by atoms with E-state index in [9.17, 15) is 0 Å². The van der Waals surface area contributed by atoms with Crippen LogP contribution in [0.15, 0.2) is 16.7 Å². The van der Waals surface area contributed by atoms with Crippen LogP contribution in [0.25, 0.3) is 0 Å². The van der Waals surface area contributed by atoms with Crippen LogP contribution >= 0.6 is 15.9 Å². The summed E-state index contributed by atoms with van der Waals surface area (Å²) in [6.45, 7) is 4.61. The molecule has 1 aromatic heterocycles. The molecule has 0 amide bonds. The Morgan fingerprint density at radius 3 is 3.20 bits per heavy atom. The minimum Gasteiger partial charge on any atom is -0.300 e. The highest BCUT2D eigenvalue weighted by atomic mass is 79.9. The van der Waals surface area contributed by atoms with Crippen LogP contribution in [0.5, 0.6) is 0 Å². The van der Waals surface area contributed by atoms with Crippen molar-refractivity contribution in [3.05, 3.63) is 22.4 Å². The van der Waals surface area contributed by atoms with Gasteiger partial charge in [-0.3, -0.25) is 0 Å². The van der Waals surface area contributed by atoms with Crippen LogP contribution in [0.4, 0.5) is 0 Å². The fourth-order valence-corrected chi connectivity index (χ4v) is 2.62. The van der Waals surface area contributed by atoms with Gasteiger partial charge in [-0.05, 0) is 47.9 Å². The van der Waals surface area contributed by atoms with Gasteiger partial charge in [-0.1, -0.05) is 6.92 Å². The first-order valence-corrected chi connectivity index (χ1v) is 6.30. The standard InChI is InChI=1S/C11H16BrN3/c1-2-15-5-3-4-11(15)7-10-6-9(12)8-13-14-10/h6,8,11H,2-5,7H2,1H3. The second-order valence-corrected chi connectivity index (χ2v) is 4.91. The Labute approximate surface area is 99.0 Å². The van der Waals surface area contributed by atoms with Crippen molar-refractivity contribution >= 4 is 15.9 Å². The van der Waals surface area contributed by atoms with Crippen LogP contribution in [-0.2, 0) is 6.42 Å². The van der Waals surface area contributed by atoms with E-state index < -0.39 is 0 Å². The molecule has 1 aromatic rings. The fraction of sp³-hybridized carbons (Fsp3) is 0.636. The maximum absolute atomic E-state index is 4.17. The smallest absolute Gasteiger partial charge is 0.0657 e. The molecule has 0 spiro atoms. The molecule has 1 saturated heterocycles. The van der Waals surface area contributed by atoms with Gasteiger partial charge in [0.15, 0.2) is 0 Å². The summed E-state index contributed by atoms with van der Waals surface area (Å²) < 4.78 is 1.02. The lowest BCUT2D eigenvalue weighted by molar-refractivity contribution is 0.264. The minimum absolute atomic E-state index is 0.665. The van der Waals surface area contributed by atoms with Crippen molar-refractivity contribution < 1.29 is 0 Å². The minimum atomic E-state index is 0.665. The summed E-state index contributed by atoms with van der Waals surface area (Å²) in [5, 5.41) is 8.13. The van der Waals surface area contributed by atoms with Gasteiger partial charge in [0.25, 0.3) is 0 Å². The lowest BCUT2D eigenvalue weighted by Gasteiger charge is -2.21. The lowest BCUT2D eigenvalue weighted by atomic mass is 10.1. The van der Waals surface area contributed by atoms with Crippen molar-refractivity contribution in [2.24, 2.45) is 0 Å². The summed E-state index contributed by atoms with van der Waals surface area (Å²) >= 11 is 3.43. The normalized spacial score (nSPS) is 22.1. The van der Waals surface area contributed by atoms with Crippen LogP contribution < -0.4 is 0 Å². The van der Waals surface area contributed by atoms with Gasteiger partial charge in [-0.2, -0.15) is 10.2 Å². The van der Waals surface area contributed by atoms with Crippen molar-refractivity contribution in [3.8, 4) is 0 Å². The molecule has 15 heavy (non-hydrogen) atoms. The van der Waals surface area contributed by atoms with E-state index in [1.165, 1.54) is 19.4 Å². The summed E-state index contributed by atoms with van der Waals surface area (Å²) in [7, 11) is 0. The SMILES string of the molecule is CCN1CCCC1Cc1cc(Br)cnn1. The Kier molecular flexibility index (Phi) is 3.70. The quantitative estimate of drug-likeness (QED) is 0.843. The van der Waals surface area contributed by atoms with Crippen LogP contribution in [-0.4, -0.2) is 34.2 Å². The molecule has 0 N–H and O–H groups in total. The lowest BCUT2D eigenvalue weighted by Crippen LogP contribution is -2.31. The third-order valence-corrected chi connectivity index (χ3v) is 3.46. The van der Waals surface area contributed by atoms with E-state index in [0.717, 1.165) is 23.1 Å². The maximum Gasteiger partial charge on any atom is 0.0657 e. The summed E-state index contributed by atoms with van der Waals surface area (Å²) in [6, 6.07) is 2.73. The summed E-state index contributed by atoms with van der Waals surface area (Å²) in [5.74, 6) is 0. The van der Waals surface area contributed by atoms with Crippen LogP contribution in [0.1, 0.15) is 25.5 Å². The highest BCUT2D eigenvalue weighted by Crippen LogP contribution is 2.20. The number of hydrogen-bond acceptors (Lipinski definition) is 3. The summed E-state index contributed by atoms with van der Waals surface area (Å²) in [5.41, 5.74) is 1.09. The molecule has 0 saturated carbocycles. The van der Waals surface area contributed by atoms with Gasteiger partial charge in [0.2, 0.25) is 0 Å². The molecule has 1 aliphatic heterocycles. The Morgan fingerprint density at radius 1 is 1.60 bits per heavy atom. The predicted octanol–water partition coefficient (Wildman–Crippen LogP) is 2.27. The number of likely N-dealkylation sites (tertiary alicyclic amines) is 1. The second-order valence-electron chi connectivity index (χ2n) is 3.99. The molecule has 1 atom stereocenters. The molecule has 4 heteroatoms. The monoisotopic (exact) mass is 269 g/mol. The highest BCUT2D eigenvalue weighted by Gasteiger charge is 2.23. The van der Waals surface area contributed by atoms with Crippen LogP contribution in [0.3, 0.4) is 0 Å². The molecule has 2 heterocycles. The average molecular weight is 270 g/mol. The van der Waals surface area contributed by atoms with Crippen molar-refractivity contribution in [2.75, 3.05) is 13.1 Å². The van der Waals surface area contributed by atoms with Gasteiger partial charge in [0.1, 0.15) is 0 Å². The molecule has 0 aromatic carbocycles. The molecular weight excluding hydrogens is 254 g/mol. The summed E-state index contributed by atoms with van der Waals surface area (Å²) in [6.07, 6.45) is 5.37. The van der Waals surface area contributed by atoms with Gasteiger partial charge >= 0.3 is 0 Å². The van der Waals surface area contributed by atoms with E-state index >= 15 is 0 Å². The zero-order valence-electron chi connectivity index (χ0n) is 8.99. The highest BCUT2D eigenvalue weighted by molar-refractivity contribution is 9.10. The maximum atomic E-state index is 4.17. The molecule has 0 bridgehead atoms. The molecule has 82 valence electrons. The zero-order valence-corrected chi connectivity index (χ0v) is 10.6. The Morgan fingerprint density at radius 2 is 2.47 bits per heavy atom. The van der Waals surface area contributed by atoms with Crippen molar-refractivity contribution in [2.45, 2.75) is 32.2 Å². The van der Waals surface area contributed by atoms with E-state index in [-0.39, 0.29) is 0 Å². The largest absolute Gasteiger partial charge is 0.300 e. The first-order valence-electron chi connectivity index (χ1n) is 5.50. The second kappa shape index (κ2) is 5.03. The van der Waals surface area contributed by atoms with E-state index in [1.807, 2.05) is 0 Å². The molecule has 2 rings (SSSR count). The Balaban J connectivity index is 2.02. The third-order valence-electron chi connectivity index (χ3n) is 3.02. The number of nitrogens with zero attached hydrogens (tertiary/aromatic N) is 3. The molecule has 1 unspecified atom stereocenters. The predicted molar refractivity (Wildman–Crippen MR) is 63.7 cm³/mol. The van der Waals surface area contributed by atoms with E-state index in [1.54, 1.807) is 6.20 Å². The van der Waals surface area contributed by atoms with Gasteiger partial charge in [0, 0.05) is 16.9 Å². The summed E-state index contributed by atoms with van der Waals surface area (Å²) in [4.78, 5) is 2.53. The van der Waals surface area contributed by atoms with E-state index in [4.69, 9.17) is 0 Å². The van der Waals surface area contributed by atoms with Gasteiger partial charge in [-0.15, -0.1) is 0 Å². The van der Waals surface area contributed by atoms with Crippen molar-refractivity contribution in [1.29, 1.82) is 0 Å². The molecular formula is C11H16BrN3. The number of hydrogen-bond donors (Lipinski definition) is 0. The van der Waals surface area contributed by atoms with Crippen molar-refractivity contribution in [1.82, 2.24) is 15.1 Å². The molecule has 1 fully saturated rings.